The van der Waals surface area contributed by atoms with E-state index in [1.807, 2.05) is 0 Å². The second-order valence-electron chi connectivity index (χ2n) is 7.27. The first kappa shape index (κ1) is 24.8. The molecule has 178 valence electrons. The molecule has 1 fully saturated rings. The van der Waals surface area contributed by atoms with Crippen molar-refractivity contribution in [2.24, 2.45) is 0 Å². The van der Waals surface area contributed by atoms with Crippen molar-refractivity contribution in [1.29, 1.82) is 0 Å². The average Bonchev–Trinajstić information content (AvgIpc) is 3.09. The van der Waals surface area contributed by atoms with Gasteiger partial charge < -0.3 is 9.47 Å². The van der Waals surface area contributed by atoms with E-state index in [4.69, 9.17) is 32.7 Å². The maximum atomic E-state index is 13.1. The molecule has 1 aliphatic heterocycles. The lowest BCUT2D eigenvalue weighted by Crippen LogP contribution is -2.27. The number of hydrogen-bond acceptors (Lipinski definition) is 6. The van der Waals surface area contributed by atoms with Gasteiger partial charge in [-0.2, -0.15) is 0 Å². The van der Waals surface area contributed by atoms with E-state index in [1.54, 1.807) is 30.3 Å². The maximum Gasteiger partial charge on any atom is 0.343 e. The van der Waals surface area contributed by atoms with Gasteiger partial charge in [-0.15, -0.1) is 0 Å². The van der Waals surface area contributed by atoms with Gasteiger partial charge in [0.1, 0.15) is 5.82 Å². The number of carbonyl (C=O) groups excluding carboxylic acids is 3. The molecule has 1 aliphatic rings. The summed E-state index contributed by atoms with van der Waals surface area (Å²) >= 11 is 13.1. The third kappa shape index (κ3) is 5.51. The van der Waals surface area contributed by atoms with Crippen LogP contribution in [0.4, 0.5) is 9.18 Å². The number of benzene rings is 3. The lowest BCUT2D eigenvalue weighted by Gasteiger charge is -2.14. The van der Waals surface area contributed by atoms with Crippen molar-refractivity contribution >= 4 is 58.2 Å². The van der Waals surface area contributed by atoms with Gasteiger partial charge in [-0.05, 0) is 71.9 Å². The van der Waals surface area contributed by atoms with Crippen LogP contribution in [-0.4, -0.2) is 29.1 Å². The maximum absolute atomic E-state index is 13.1. The Hall–Kier alpha value is -3.33. The van der Waals surface area contributed by atoms with Crippen LogP contribution >= 0.6 is 35.0 Å². The first-order valence-corrected chi connectivity index (χ1v) is 11.7. The summed E-state index contributed by atoms with van der Waals surface area (Å²) in [6, 6.07) is 14.5. The van der Waals surface area contributed by atoms with E-state index in [0.29, 0.717) is 21.2 Å². The largest absolute Gasteiger partial charge is 0.493 e. The number of carbonyl (C=O) groups is 3. The minimum absolute atomic E-state index is 0.0535. The Bertz CT molecular complexity index is 1340. The lowest BCUT2D eigenvalue weighted by molar-refractivity contribution is -0.123. The average molecular weight is 532 g/mol. The molecular formula is C25H16Cl2FNO5S. The third-order valence-corrected chi connectivity index (χ3v) is 6.64. The minimum atomic E-state index is -0.685. The molecule has 0 spiro atoms. The summed E-state index contributed by atoms with van der Waals surface area (Å²) in [6.45, 7) is -0.0535. The molecule has 0 unspecified atom stereocenters. The Balaban J connectivity index is 1.53. The van der Waals surface area contributed by atoms with E-state index >= 15 is 0 Å². The number of halogens is 3. The molecule has 10 heteroatoms. The van der Waals surface area contributed by atoms with Gasteiger partial charge in [-0.3, -0.25) is 14.5 Å². The molecule has 0 saturated carbocycles. The van der Waals surface area contributed by atoms with Crippen LogP contribution in [0.15, 0.2) is 65.6 Å². The fourth-order valence-corrected chi connectivity index (χ4v) is 4.59. The van der Waals surface area contributed by atoms with Gasteiger partial charge in [0.25, 0.3) is 11.1 Å². The predicted molar refractivity (Wildman–Crippen MR) is 132 cm³/mol. The molecule has 2 amide bonds. The van der Waals surface area contributed by atoms with Gasteiger partial charge in [-0.1, -0.05) is 35.3 Å². The zero-order chi connectivity index (χ0) is 25.1. The van der Waals surface area contributed by atoms with E-state index in [-0.39, 0.29) is 28.5 Å². The molecule has 0 aliphatic carbocycles. The molecule has 0 N–H and O–H groups in total. The topological polar surface area (TPSA) is 72.9 Å². The quantitative estimate of drug-likeness (QED) is 0.203. The highest BCUT2D eigenvalue weighted by Gasteiger charge is 2.35. The van der Waals surface area contributed by atoms with Crippen molar-refractivity contribution in [3.63, 3.8) is 0 Å². The fraction of sp³-hybridized carbons (Fsp3) is 0.0800. The predicted octanol–water partition coefficient (Wildman–Crippen LogP) is 6.60. The number of thioether (sulfide) groups is 1. The van der Waals surface area contributed by atoms with Gasteiger partial charge in [0, 0.05) is 15.6 Å². The van der Waals surface area contributed by atoms with E-state index in [1.165, 1.54) is 31.4 Å². The summed E-state index contributed by atoms with van der Waals surface area (Å²) in [5.74, 6) is -1.27. The fourth-order valence-electron chi connectivity index (χ4n) is 3.23. The Morgan fingerprint density at radius 1 is 1.03 bits per heavy atom. The molecule has 1 saturated heterocycles. The number of hydrogen-bond donors (Lipinski definition) is 0. The van der Waals surface area contributed by atoms with Crippen LogP contribution in [-0.2, 0) is 11.3 Å². The number of esters is 1. The van der Waals surface area contributed by atoms with Gasteiger partial charge in [0.2, 0.25) is 0 Å². The van der Waals surface area contributed by atoms with E-state index in [9.17, 15) is 18.8 Å². The normalized spacial score (nSPS) is 14.5. The van der Waals surface area contributed by atoms with Crippen LogP contribution < -0.4 is 9.47 Å². The Kier molecular flexibility index (Phi) is 7.45. The molecule has 0 atom stereocenters. The molecule has 4 rings (SSSR count). The summed E-state index contributed by atoms with van der Waals surface area (Å²) in [4.78, 5) is 39.0. The second-order valence-corrected chi connectivity index (χ2v) is 9.08. The van der Waals surface area contributed by atoms with E-state index in [2.05, 4.69) is 0 Å². The van der Waals surface area contributed by atoms with Crippen LogP contribution in [0.25, 0.3) is 6.08 Å². The van der Waals surface area contributed by atoms with Crippen molar-refractivity contribution in [3.8, 4) is 11.5 Å². The monoisotopic (exact) mass is 531 g/mol. The van der Waals surface area contributed by atoms with Gasteiger partial charge >= 0.3 is 5.97 Å². The smallest absolute Gasteiger partial charge is 0.343 e. The Labute approximate surface area is 214 Å². The number of rotatable bonds is 6. The standard InChI is InChI=1S/C25H16Cl2FNO5S/c1-33-21-11-14(5-10-20(21)34-24(31)15-6-8-16(28)9-7-15)12-22-23(30)29(25(32)35-22)13-17-18(26)3-2-4-19(17)27/h2-12H,13H2,1H3/b22-12-. The van der Waals surface area contributed by atoms with Crippen molar-refractivity contribution in [1.82, 2.24) is 4.90 Å². The van der Waals surface area contributed by atoms with Crippen LogP contribution in [0.5, 0.6) is 11.5 Å². The Morgan fingerprint density at radius 2 is 1.71 bits per heavy atom. The molecule has 35 heavy (non-hydrogen) atoms. The molecule has 6 nitrogen and oxygen atoms in total. The van der Waals surface area contributed by atoms with Gasteiger partial charge in [-0.25, -0.2) is 9.18 Å². The summed E-state index contributed by atoms with van der Waals surface area (Å²) in [5, 5.41) is 0.265. The number of methoxy groups -OCH3 is 1. The van der Waals surface area contributed by atoms with Crippen molar-refractivity contribution in [3.05, 3.63) is 98.1 Å². The number of amides is 2. The van der Waals surface area contributed by atoms with Crippen molar-refractivity contribution < 1.29 is 28.2 Å². The zero-order valence-corrected chi connectivity index (χ0v) is 20.4. The van der Waals surface area contributed by atoms with Crippen LogP contribution in [0, 0.1) is 5.82 Å². The summed E-state index contributed by atoms with van der Waals surface area (Å²) in [5.41, 5.74) is 1.20. The van der Waals surface area contributed by atoms with Crippen LogP contribution in [0.1, 0.15) is 21.5 Å². The van der Waals surface area contributed by atoms with Gasteiger partial charge in [0.05, 0.1) is 24.1 Å². The third-order valence-electron chi connectivity index (χ3n) is 5.02. The summed E-state index contributed by atoms with van der Waals surface area (Å²) < 4.78 is 23.8. The highest BCUT2D eigenvalue weighted by molar-refractivity contribution is 8.18. The first-order chi connectivity index (χ1) is 16.8. The minimum Gasteiger partial charge on any atom is -0.493 e. The van der Waals surface area contributed by atoms with Crippen molar-refractivity contribution in [2.45, 2.75) is 6.54 Å². The van der Waals surface area contributed by atoms with Gasteiger partial charge in [0.15, 0.2) is 11.5 Å². The van der Waals surface area contributed by atoms with Crippen LogP contribution in [0.2, 0.25) is 10.0 Å². The van der Waals surface area contributed by atoms with Crippen LogP contribution in [0.3, 0.4) is 0 Å². The highest BCUT2D eigenvalue weighted by atomic mass is 35.5. The number of ether oxygens (including phenoxy) is 2. The number of imide groups is 1. The van der Waals surface area contributed by atoms with E-state index < -0.39 is 22.9 Å². The highest BCUT2D eigenvalue weighted by Crippen LogP contribution is 2.37. The Morgan fingerprint density at radius 3 is 2.37 bits per heavy atom. The molecule has 3 aromatic carbocycles. The SMILES string of the molecule is COc1cc(/C=C2\SC(=O)N(Cc3c(Cl)cccc3Cl)C2=O)ccc1OC(=O)c1ccc(F)cc1. The second kappa shape index (κ2) is 10.5. The summed E-state index contributed by atoms with van der Waals surface area (Å²) in [7, 11) is 1.40. The first-order valence-electron chi connectivity index (χ1n) is 10.1. The molecule has 0 radical (unpaired) electrons. The molecule has 0 bridgehead atoms. The lowest BCUT2D eigenvalue weighted by atomic mass is 10.1. The zero-order valence-electron chi connectivity index (χ0n) is 18.1. The molecule has 0 aromatic heterocycles. The van der Waals surface area contributed by atoms with E-state index in [0.717, 1.165) is 28.8 Å². The molecule has 1 heterocycles. The molecular weight excluding hydrogens is 516 g/mol. The molecule has 3 aromatic rings. The van der Waals surface area contributed by atoms with Crippen molar-refractivity contribution in [2.75, 3.05) is 7.11 Å². The summed E-state index contributed by atoms with van der Waals surface area (Å²) in [6.07, 6.45) is 1.53. The number of nitrogens with zero attached hydrogens (tertiary/aromatic N) is 1.